The number of nitrogens with two attached hydrogens (primary N) is 1. The molecule has 0 saturated heterocycles. The number of nitrogens with one attached hydrogen (secondary N) is 1. The average molecular weight is 311 g/mol. The van der Waals surface area contributed by atoms with Crippen molar-refractivity contribution in [1.29, 1.82) is 0 Å². The van der Waals surface area contributed by atoms with Crippen LogP contribution in [0.3, 0.4) is 0 Å². The van der Waals surface area contributed by atoms with Crippen molar-refractivity contribution in [1.82, 2.24) is 9.03 Å². The second-order valence-corrected chi connectivity index (χ2v) is 7.42. The Bertz CT molecular complexity index is 554. The zero-order valence-electron chi connectivity index (χ0n) is 12.6. The fourth-order valence-corrected chi connectivity index (χ4v) is 3.99. The van der Waals surface area contributed by atoms with Gasteiger partial charge in [0.05, 0.1) is 0 Å². The lowest BCUT2D eigenvalue weighted by atomic mass is 9.96. The molecule has 0 bridgehead atoms. The third-order valence-corrected chi connectivity index (χ3v) is 5.82. The highest BCUT2D eigenvalue weighted by molar-refractivity contribution is 7.87. The average Bonchev–Trinajstić information content (AvgIpc) is 2.53. The van der Waals surface area contributed by atoms with Crippen LogP contribution in [0.1, 0.15) is 43.2 Å². The largest absolute Gasteiger partial charge is 0.326 e. The lowest BCUT2D eigenvalue weighted by molar-refractivity contribution is 0.283. The van der Waals surface area contributed by atoms with Crippen molar-refractivity contribution in [2.75, 3.05) is 7.05 Å². The van der Waals surface area contributed by atoms with E-state index in [9.17, 15) is 8.42 Å². The zero-order valence-corrected chi connectivity index (χ0v) is 13.4. The molecule has 5 nitrogen and oxygen atoms in total. The molecule has 6 heteroatoms. The molecule has 1 aromatic carbocycles. The van der Waals surface area contributed by atoms with Crippen LogP contribution < -0.4 is 10.5 Å². The van der Waals surface area contributed by atoms with Crippen LogP contribution in [0.25, 0.3) is 0 Å². The van der Waals surface area contributed by atoms with E-state index in [1.165, 1.54) is 10.7 Å². The van der Waals surface area contributed by atoms with Crippen molar-refractivity contribution in [2.24, 2.45) is 5.73 Å². The Kier molecular flexibility index (Phi) is 5.75. The summed E-state index contributed by atoms with van der Waals surface area (Å²) in [5, 5.41) is 0. The molecule has 3 N–H and O–H groups in total. The summed E-state index contributed by atoms with van der Waals surface area (Å²) in [5.74, 6) is 0. The molecule has 0 aliphatic heterocycles. The monoisotopic (exact) mass is 311 g/mol. The van der Waals surface area contributed by atoms with E-state index in [0.29, 0.717) is 6.54 Å². The summed E-state index contributed by atoms with van der Waals surface area (Å²) in [6, 6.07) is 7.77. The van der Waals surface area contributed by atoms with Gasteiger partial charge in [-0.25, -0.2) is 0 Å². The Morgan fingerprint density at radius 1 is 1.19 bits per heavy atom. The summed E-state index contributed by atoms with van der Waals surface area (Å²) >= 11 is 0. The maximum Gasteiger partial charge on any atom is 0.279 e. The van der Waals surface area contributed by atoms with Crippen molar-refractivity contribution in [3.8, 4) is 0 Å². The lowest BCUT2D eigenvalue weighted by Gasteiger charge is -2.30. The summed E-state index contributed by atoms with van der Waals surface area (Å²) in [7, 11) is -1.77. The van der Waals surface area contributed by atoms with Crippen molar-refractivity contribution in [3.05, 3.63) is 35.4 Å². The Balaban J connectivity index is 2.00. The molecule has 0 atom stereocenters. The van der Waals surface area contributed by atoms with Gasteiger partial charge in [0.2, 0.25) is 0 Å². The Morgan fingerprint density at radius 2 is 1.81 bits per heavy atom. The van der Waals surface area contributed by atoms with E-state index in [4.69, 9.17) is 5.73 Å². The molecule has 0 radical (unpaired) electrons. The Hall–Kier alpha value is -0.950. The van der Waals surface area contributed by atoms with Gasteiger partial charge in [0, 0.05) is 26.2 Å². The SMILES string of the molecule is CN(C1CCCCC1)S(=O)(=O)NCc1ccccc1CN. The number of benzene rings is 1. The summed E-state index contributed by atoms with van der Waals surface area (Å²) < 4.78 is 29.0. The number of nitrogens with zero attached hydrogens (tertiary/aromatic N) is 1. The fourth-order valence-electron chi connectivity index (χ4n) is 2.84. The smallest absolute Gasteiger partial charge is 0.279 e. The van der Waals surface area contributed by atoms with Gasteiger partial charge < -0.3 is 5.73 Å². The second kappa shape index (κ2) is 7.35. The third-order valence-electron chi connectivity index (χ3n) is 4.25. The normalized spacial score (nSPS) is 17.3. The molecule has 1 aliphatic carbocycles. The van der Waals surface area contributed by atoms with Gasteiger partial charge >= 0.3 is 0 Å². The molecule has 21 heavy (non-hydrogen) atoms. The van der Waals surface area contributed by atoms with E-state index in [-0.39, 0.29) is 12.6 Å². The molecule has 1 aliphatic rings. The fraction of sp³-hybridized carbons (Fsp3) is 0.600. The van der Waals surface area contributed by atoms with Gasteiger partial charge in [-0.2, -0.15) is 17.4 Å². The zero-order chi connectivity index (χ0) is 15.3. The highest BCUT2D eigenvalue weighted by atomic mass is 32.2. The van der Waals surface area contributed by atoms with Gasteiger partial charge in [-0.1, -0.05) is 43.5 Å². The second-order valence-electron chi connectivity index (χ2n) is 5.61. The molecule has 0 heterocycles. The maximum atomic E-state index is 12.4. The molecule has 0 spiro atoms. The van der Waals surface area contributed by atoms with E-state index in [2.05, 4.69) is 4.72 Å². The Labute approximate surface area is 127 Å². The minimum atomic E-state index is -3.44. The van der Waals surface area contributed by atoms with Crippen LogP contribution in [0.5, 0.6) is 0 Å². The summed E-state index contributed by atoms with van der Waals surface area (Å²) in [6.45, 7) is 0.698. The molecule has 2 rings (SSSR count). The molecular formula is C15H25N3O2S. The van der Waals surface area contributed by atoms with Gasteiger partial charge in [0.1, 0.15) is 0 Å². The predicted molar refractivity (Wildman–Crippen MR) is 84.7 cm³/mol. The van der Waals surface area contributed by atoms with Crippen LogP contribution in [0.15, 0.2) is 24.3 Å². The first-order valence-electron chi connectivity index (χ1n) is 7.54. The number of hydrogen-bond acceptors (Lipinski definition) is 3. The minimum Gasteiger partial charge on any atom is -0.326 e. The summed E-state index contributed by atoms with van der Waals surface area (Å²) in [4.78, 5) is 0. The van der Waals surface area contributed by atoms with E-state index in [0.717, 1.165) is 36.8 Å². The van der Waals surface area contributed by atoms with Gasteiger partial charge in [0.15, 0.2) is 0 Å². The van der Waals surface area contributed by atoms with E-state index in [1.54, 1.807) is 7.05 Å². The van der Waals surface area contributed by atoms with E-state index >= 15 is 0 Å². The quantitative estimate of drug-likeness (QED) is 0.840. The van der Waals surface area contributed by atoms with Crippen molar-refractivity contribution in [2.45, 2.75) is 51.2 Å². The third kappa shape index (κ3) is 4.26. The van der Waals surface area contributed by atoms with Crippen LogP contribution in [-0.2, 0) is 23.3 Å². The lowest BCUT2D eigenvalue weighted by Crippen LogP contribution is -2.44. The van der Waals surface area contributed by atoms with Crippen LogP contribution in [0.4, 0.5) is 0 Å². The molecule has 118 valence electrons. The topological polar surface area (TPSA) is 75.4 Å². The molecule has 1 aromatic rings. The van der Waals surface area contributed by atoms with E-state index < -0.39 is 10.2 Å². The van der Waals surface area contributed by atoms with Gasteiger partial charge in [-0.15, -0.1) is 0 Å². The van der Waals surface area contributed by atoms with Crippen LogP contribution in [0.2, 0.25) is 0 Å². The van der Waals surface area contributed by atoms with Crippen molar-refractivity contribution in [3.63, 3.8) is 0 Å². The summed E-state index contributed by atoms with van der Waals surface area (Å²) in [6.07, 6.45) is 5.34. The van der Waals surface area contributed by atoms with Gasteiger partial charge in [-0.3, -0.25) is 0 Å². The molecule has 0 aromatic heterocycles. The molecule has 1 saturated carbocycles. The van der Waals surface area contributed by atoms with Crippen molar-refractivity contribution < 1.29 is 8.42 Å². The van der Waals surface area contributed by atoms with Crippen LogP contribution >= 0.6 is 0 Å². The van der Waals surface area contributed by atoms with Gasteiger partial charge in [0.25, 0.3) is 10.2 Å². The molecule has 1 fully saturated rings. The highest BCUT2D eigenvalue weighted by Gasteiger charge is 2.27. The van der Waals surface area contributed by atoms with Gasteiger partial charge in [-0.05, 0) is 24.0 Å². The maximum absolute atomic E-state index is 12.4. The predicted octanol–water partition coefficient (Wildman–Crippen LogP) is 1.74. The summed E-state index contributed by atoms with van der Waals surface area (Å²) in [5.41, 5.74) is 7.58. The van der Waals surface area contributed by atoms with Crippen LogP contribution in [-0.4, -0.2) is 25.8 Å². The first kappa shape index (κ1) is 16.4. The minimum absolute atomic E-state index is 0.126. The molecule has 0 unspecified atom stereocenters. The molecular weight excluding hydrogens is 286 g/mol. The standard InChI is InChI=1S/C15H25N3O2S/c1-18(15-9-3-2-4-10-15)21(19,20)17-12-14-8-6-5-7-13(14)11-16/h5-8,15,17H,2-4,9-12,16H2,1H3. The first-order valence-corrected chi connectivity index (χ1v) is 8.98. The highest BCUT2D eigenvalue weighted by Crippen LogP contribution is 2.23. The van der Waals surface area contributed by atoms with E-state index in [1.807, 2.05) is 24.3 Å². The number of hydrogen-bond donors (Lipinski definition) is 2. The number of rotatable bonds is 6. The van der Waals surface area contributed by atoms with Crippen molar-refractivity contribution >= 4 is 10.2 Å². The molecule has 0 amide bonds. The first-order chi connectivity index (χ1) is 10.0. The van der Waals surface area contributed by atoms with Crippen LogP contribution in [0, 0.1) is 0 Å². The Morgan fingerprint density at radius 3 is 2.43 bits per heavy atom.